The number of hydrazine groups is 1. The molecule has 1 amide bonds. The van der Waals surface area contributed by atoms with Crippen LogP contribution in [0.1, 0.15) is 5.56 Å². The second-order valence-electron chi connectivity index (χ2n) is 5.61. The fraction of sp³-hybridized carbons (Fsp3) is 0.294. The number of carbonyl (C=O) groups is 1. The van der Waals surface area contributed by atoms with E-state index in [0.29, 0.717) is 42.1 Å². The van der Waals surface area contributed by atoms with E-state index in [1.54, 1.807) is 5.01 Å². The Hall–Kier alpha value is -1.67. The van der Waals surface area contributed by atoms with Crippen LogP contribution < -0.4 is 4.74 Å². The van der Waals surface area contributed by atoms with Crippen LogP contribution in [0.25, 0.3) is 6.08 Å². The summed E-state index contributed by atoms with van der Waals surface area (Å²) in [7, 11) is 0. The smallest absolute Gasteiger partial charge is 0.280 e. The molecule has 0 atom stereocenters. The van der Waals surface area contributed by atoms with Crippen molar-refractivity contribution in [2.24, 2.45) is 0 Å². The first kappa shape index (κ1) is 15.8. The van der Waals surface area contributed by atoms with E-state index in [0.717, 1.165) is 16.9 Å². The van der Waals surface area contributed by atoms with Crippen LogP contribution in [0, 0.1) is 0 Å². The van der Waals surface area contributed by atoms with Crippen molar-refractivity contribution in [3.05, 3.63) is 46.4 Å². The number of carbonyl (C=O) groups excluding carboxylic acids is 1. The van der Waals surface area contributed by atoms with Gasteiger partial charge in [-0.3, -0.25) is 4.79 Å². The van der Waals surface area contributed by atoms with Gasteiger partial charge in [-0.05, 0) is 23.8 Å². The van der Waals surface area contributed by atoms with Crippen LogP contribution in [0.15, 0.2) is 40.8 Å². The van der Waals surface area contributed by atoms with Gasteiger partial charge in [0.1, 0.15) is 12.4 Å². The number of hydrogen-bond donors (Lipinski definition) is 0. The molecule has 0 spiro atoms. The van der Waals surface area contributed by atoms with E-state index in [2.05, 4.69) is 6.08 Å². The highest BCUT2D eigenvalue weighted by Crippen LogP contribution is 2.34. The Kier molecular flexibility index (Phi) is 4.41. The number of hydrogen-bond acceptors (Lipinski definition) is 6. The average Bonchev–Trinajstić information content (AvgIpc) is 2.89. The molecule has 0 aliphatic carbocycles. The van der Waals surface area contributed by atoms with Gasteiger partial charge in [0.15, 0.2) is 4.32 Å². The predicted octanol–water partition coefficient (Wildman–Crippen LogP) is 2.45. The Bertz CT molecular complexity index is 754. The lowest BCUT2D eigenvalue weighted by atomic mass is 10.1. The van der Waals surface area contributed by atoms with Crippen LogP contribution in [-0.4, -0.2) is 53.2 Å². The molecule has 3 aliphatic heterocycles. The number of rotatable bonds is 2. The highest BCUT2D eigenvalue weighted by molar-refractivity contribution is 8.26. The van der Waals surface area contributed by atoms with Gasteiger partial charge in [0.05, 0.1) is 18.1 Å². The van der Waals surface area contributed by atoms with Gasteiger partial charge in [0, 0.05) is 18.7 Å². The van der Waals surface area contributed by atoms with Gasteiger partial charge in [-0.1, -0.05) is 42.2 Å². The molecule has 3 heterocycles. The van der Waals surface area contributed by atoms with Crippen molar-refractivity contribution in [1.29, 1.82) is 0 Å². The molecule has 7 heteroatoms. The molecule has 4 rings (SSSR count). The Labute approximate surface area is 149 Å². The van der Waals surface area contributed by atoms with Crippen LogP contribution in [0.4, 0.5) is 0 Å². The third-order valence-corrected chi connectivity index (χ3v) is 5.30. The normalized spacial score (nSPS) is 23.2. The first-order chi connectivity index (χ1) is 11.7. The third kappa shape index (κ3) is 3.00. The van der Waals surface area contributed by atoms with Crippen LogP contribution in [0.5, 0.6) is 5.75 Å². The number of morpholine rings is 1. The van der Waals surface area contributed by atoms with Gasteiger partial charge in [0.2, 0.25) is 0 Å². The minimum atomic E-state index is -0.0633. The van der Waals surface area contributed by atoms with E-state index in [-0.39, 0.29) is 5.91 Å². The maximum Gasteiger partial charge on any atom is 0.280 e. The summed E-state index contributed by atoms with van der Waals surface area (Å²) in [4.78, 5) is 13.4. The first-order valence-electron chi connectivity index (χ1n) is 7.75. The molecule has 2 saturated heterocycles. The second kappa shape index (κ2) is 6.68. The topological polar surface area (TPSA) is 42.0 Å². The number of benzene rings is 1. The van der Waals surface area contributed by atoms with Crippen molar-refractivity contribution in [2.75, 3.05) is 32.9 Å². The average molecular weight is 360 g/mol. The van der Waals surface area contributed by atoms with Crippen molar-refractivity contribution in [2.45, 2.75) is 0 Å². The van der Waals surface area contributed by atoms with Crippen molar-refractivity contribution in [1.82, 2.24) is 10.0 Å². The van der Waals surface area contributed by atoms with Gasteiger partial charge in [-0.15, -0.1) is 0 Å². The molecule has 24 heavy (non-hydrogen) atoms. The van der Waals surface area contributed by atoms with Crippen LogP contribution >= 0.6 is 24.0 Å². The van der Waals surface area contributed by atoms with E-state index in [4.69, 9.17) is 21.7 Å². The van der Waals surface area contributed by atoms with Gasteiger partial charge < -0.3 is 9.47 Å². The van der Waals surface area contributed by atoms with Crippen LogP contribution in [0.2, 0.25) is 0 Å². The van der Waals surface area contributed by atoms with E-state index >= 15 is 0 Å². The molecular weight excluding hydrogens is 344 g/mol. The van der Waals surface area contributed by atoms with Crippen molar-refractivity contribution >= 4 is 40.3 Å². The molecule has 0 bridgehead atoms. The monoisotopic (exact) mass is 360 g/mol. The SMILES string of the molecule is O=C1C(=CC2=Cc3ccccc3OC2)SC(=S)N1N1CCOCC1. The fourth-order valence-corrected chi connectivity index (χ4v) is 4.17. The van der Waals surface area contributed by atoms with Crippen LogP contribution in [-0.2, 0) is 9.53 Å². The first-order valence-corrected chi connectivity index (χ1v) is 8.98. The number of fused-ring (bicyclic) bond motifs is 1. The minimum Gasteiger partial charge on any atom is -0.488 e. The molecule has 0 aromatic heterocycles. The lowest BCUT2D eigenvalue weighted by molar-refractivity contribution is -0.138. The predicted molar refractivity (Wildman–Crippen MR) is 97.4 cm³/mol. The largest absolute Gasteiger partial charge is 0.488 e. The zero-order valence-corrected chi connectivity index (χ0v) is 14.6. The molecule has 2 fully saturated rings. The summed E-state index contributed by atoms with van der Waals surface area (Å²) in [5, 5.41) is 3.57. The number of thioether (sulfide) groups is 1. The van der Waals surface area contributed by atoms with Gasteiger partial charge in [-0.25, -0.2) is 10.0 Å². The van der Waals surface area contributed by atoms with E-state index in [9.17, 15) is 4.79 Å². The quantitative estimate of drug-likeness (QED) is 0.596. The highest BCUT2D eigenvalue weighted by Gasteiger charge is 2.37. The van der Waals surface area contributed by atoms with Crippen molar-refractivity contribution in [3.63, 3.8) is 0 Å². The summed E-state index contributed by atoms with van der Waals surface area (Å²) in [5.74, 6) is 0.808. The van der Waals surface area contributed by atoms with E-state index in [1.165, 1.54) is 11.8 Å². The number of nitrogens with zero attached hydrogens (tertiary/aromatic N) is 2. The van der Waals surface area contributed by atoms with E-state index < -0.39 is 0 Å². The summed E-state index contributed by atoms with van der Waals surface area (Å²) in [6.07, 6.45) is 3.94. The molecule has 1 aromatic rings. The summed E-state index contributed by atoms with van der Waals surface area (Å²) in [5.41, 5.74) is 2.00. The zero-order valence-electron chi connectivity index (χ0n) is 12.9. The number of thiocarbonyl (C=S) groups is 1. The van der Waals surface area contributed by atoms with Crippen molar-refractivity contribution < 1.29 is 14.3 Å². The van der Waals surface area contributed by atoms with Gasteiger partial charge in [-0.2, -0.15) is 0 Å². The van der Waals surface area contributed by atoms with Gasteiger partial charge >= 0.3 is 0 Å². The lowest BCUT2D eigenvalue weighted by Gasteiger charge is -2.33. The maximum atomic E-state index is 12.7. The number of amides is 1. The lowest BCUT2D eigenvalue weighted by Crippen LogP contribution is -2.50. The molecular formula is C17H16N2O3S2. The van der Waals surface area contributed by atoms with Gasteiger partial charge in [0.25, 0.3) is 5.91 Å². The minimum absolute atomic E-state index is 0.0633. The standard InChI is InChI=1S/C17H16N2O3S2/c20-16-15(24-17(23)19(16)18-5-7-21-8-6-18)10-12-9-13-3-1-2-4-14(13)22-11-12/h1-4,9-10H,5-8,11H2. The highest BCUT2D eigenvalue weighted by atomic mass is 32.2. The number of ether oxygens (including phenoxy) is 2. The summed E-state index contributed by atoms with van der Waals surface area (Å²) in [6, 6.07) is 7.87. The molecule has 0 N–H and O–H groups in total. The molecule has 5 nitrogen and oxygen atoms in total. The Balaban J connectivity index is 1.57. The molecule has 0 saturated carbocycles. The summed E-state index contributed by atoms with van der Waals surface area (Å²) >= 11 is 6.74. The Morgan fingerprint density at radius 1 is 1.21 bits per heavy atom. The Morgan fingerprint density at radius 2 is 2.00 bits per heavy atom. The van der Waals surface area contributed by atoms with Crippen LogP contribution in [0.3, 0.4) is 0 Å². The molecule has 3 aliphatic rings. The maximum absolute atomic E-state index is 12.7. The number of para-hydroxylation sites is 1. The Morgan fingerprint density at radius 3 is 2.83 bits per heavy atom. The second-order valence-corrected chi connectivity index (χ2v) is 7.28. The summed E-state index contributed by atoms with van der Waals surface area (Å²) in [6.45, 7) is 3.05. The van der Waals surface area contributed by atoms with Crippen molar-refractivity contribution in [3.8, 4) is 5.75 Å². The third-order valence-electron chi connectivity index (χ3n) is 4.01. The molecule has 0 unspecified atom stereocenters. The van der Waals surface area contributed by atoms with E-state index in [1.807, 2.05) is 35.4 Å². The zero-order chi connectivity index (χ0) is 16.5. The summed E-state index contributed by atoms with van der Waals surface area (Å²) < 4.78 is 11.7. The molecule has 0 radical (unpaired) electrons. The fourth-order valence-electron chi connectivity index (χ4n) is 2.84. The molecule has 124 valence electrons. The molecule has 1 aromatic carbocycles.